The minimum atomic E-state index is -0.0460. The molecule has 18 heavy (non-hydrogen) atoms. The van der Waals surface area contributed by atoms with Crippen LogP contribution in [0, 0.1) is 0 Å². The van der Waals surface area contributed by atoms with E-state index < -0.39 is 0 Å². The van der Waals surface area contributed by atoms with Gasteiger partial charge in [0.15, 0.2) is 0 Å². The SMILES string of the molecule is CN1CCC(N(C)c2cc(CO)c(Cl)cn2)CC1. The van der Waals surface area contributed by atoms with E-state index in [9.17, 15) is 5.11 Å². The molecule has 1 N–H and O–H groups in total. The summed E-state index contributed by atoms with van der Waals surface area (Å²) in [7, 11) is 4.22. The first-order chi connectivity index (χ1) is 8.61. The first-order valence-corrected chi connectivity index (χ1v) is 6.66. The molecule has 0 aromatic carbocycles. The number of hydrogen-bond donors (Lipinski definition) is 1. The lowest BCUT2D eigenvalue weighted by Crippen LogP contribution is -2.42. The lowest BCUT2D eigenvalue weighted by molar-refractivity contribution is 0.252. The van der Waals surface area contributed by atoms with Crippen LogP contribution in [0.1, 0.15) is 18.4 Å². The quantitative estimate of drug-likeness (QED) is 0.908. The van der Waals surface area contributed by atoms with E-state index in [1.54, 1.807) is 6.20 Å². The molecular formula is C13H20ClN3O. The van der Waals surface area contributed by atoms with Crippen molar-refractivity contribution in [1.29, 1.82) is 0 Å². The van der Waals surface area contributed by atoms with Gasteiger partial charge in [0.25, 0.3) is 0 Å². The monoisotopic (exact) mass is 269 g/mol. The van der Waals surface area contributed by atoms with Gasteiger partial charge in [0.1, 0.15) is 5.82 Å². The summed E-state index contributed by atoms with van der Waals surface area (Å²) in [5.74, 6) is 0.887. The number of halogens is 1. The van der Waals surface area contributed by atoms with Crippen LogP contribution in [0.3, 0.4) is 0 Å². The molecule has 4 nitrogen and oxygen atoms in total. The van der Waals surface area contributed by atoms with Gasteiger partial charge in [-0.05, 0) is 39.0 Å². The molecule has 0 spiro atoms. The van der Waals surface area contributed by atoms with Crippen molar-refractivity contribution in [1.82, 2.24) is 9.88 Å². The fourth-order valence-electron chi connectivity index (χ4n) is 2.35. The molecule has 0 unspecified atom stereocenters. The van der Waals surface area contributed by atoms with Gasteiger partial charge in [0.2, 0.25) is 0 Å². The van der Waals surface area contributed by atoms with E-state index >= 15 is 0 Å². The number of nitrogens with zero attached hydrogens (tertiary/aromatic N) is 3. The van der Waals surface area contributed by atoms with Gasteiger partial charge in [-0.3, -0.25) is 0 Å². The summed E-state index contributed by atoms with van der Waals surface area (Å²) < 4.78 is 0. The van der Waals surface area contributed by atoms with E-state index in [2.05, 4.69) is 28.9 Å². The molecule has 1 aromatic heterocycles. The molecule has 100 valence electrons. The molecule has 0 bridgehead atoms. The Morgan fingerprint density at radius 2 is 2.17 bits per heavy atom. The Bertz CT molecular complexity index is 405. The van der Waals surface area contributed by atoms with Crippen molar-refractivity contribution in [2.75, 3.05) is 32.1 Å². The van der Waals surface area contributed by atoms with E-state index in [1.807, 2.05) is 6.07 Å². The maximum Gasteiger partial charge on any atom is 0.128 e. The van der Waals surface area contributed by atoms with Crippen LogP contribution in [0.25, 0.3) is 0 Å². The topological polar surface area (TPSA) is 39.6 Å². The predicted molar refractivity (Wildman–Crippen MR) is 74.1 cm³/mol. The van der Waals surface area contributed by atoms with Crippen LogP contribution in [0.4, 0.5) is 5.82 Å². The van der Waals surface area contributed by atoms with Gasteiger partial charge >= 0.3 is 0 Å². The van der Waals surface area contributed by atoms with Crippen LogP contribution >= 0.6 is 11.6 Å². The van der Waals surface area contributed by atoms with Crippen LogP contribution in [-0.4, -0.2) is 48.2 Å². The zero-order valence-electron chi connectivity index (χ0n) is 10.9. The van der Waals surface area contributed by atoms with E-state index in [0.717, 1.165) is 37.3 Å². The normalized spacial score (nSPS) is 18.0. The summed E-state index contributed by atoms with van der Waals surface area (Å²) in [6.07, 6.45) is 3.91. The molecule has 0 atom stereocenters. The maximum atomic E-state index is 9.23. The molecule has 1 aliphatic heterocycles. The van der Waals surface area contributed by atoms with Crippen molar-refractivity contribution in [2.24, 2.45) is 0 Å². The molecule has 2 rings (SSSR count). The Morgan fingerprint density at radius 3 is 2.78 bits per heavy atom. The molecule has 1 saturated heterocycles. The van der Waals surface area contributed by atoms with Gasteiger partial charge in [-0.2, -0.15) is 0 Å². The van der Waals surface area contributed by atoms with Gasteiger partial charge < -0.3 is 14.9 Å². The van der Waals surface area contributed by atoms with Crippen molar-refractivity contribution >= 4 is 17.4 Å². The number of aromatic nitrogens is 1. The van der Waals surface area contributed by atoms with Crippen molar-refractivity contribution in [2.45, 2.75) is 25.5 Å². The van der Waals surface area contributed by atoms with E-state index in [0.29, 0.717) is 11.1 Å². The number of pyridine rings is 1. The standard InChI is InChI=1S/C13H20ClN3O/c1-16-5-3-11(4-6-16)17(2)13-7-10(9-18)12(14)8-15-13/h7-8,11,18H,3-6,9H2,1-2H3. The number of anilines is 1. The van der Waals surface area contributed by atoms with Crippen LogP contribution < -0.4 is 4.90 Å². The van der Waals surface area contributed by atoms with Gasteiger partial charge in [0, 0.05) is 24.8 Å². The first kappa shape index (κ1) is 13.6. The third-order valence-electron chi connectivity index (χ3n) is 3.69. The number of hydrogen-bond acceptors (Lipinski definition) is 4. The summed E-state index contributed by atoms with van der Waals surface area (Å²) in [6, 6.07) is 2.39. The maximum absolute atomic E-state index is 9.23. The highest BCUT2D eigenvalue weighted by Gasteiger charge is 2.21. The molecular weight excluding hydrogens is 250 g/mol. The molecule has 2 heterocycles. The Morgan fingerprint density at radius 1 is 1.50 bits per heavy atom. The second-order valence-electron chi connectivity index (χ2n) is 4.94. The van der Waals surface area contributed by atoms with Crippen LogP contribution in [0.5, 0.6) is 0 Å². The zero-order chi connectivity index (χ0) is 13.1. The van der Waals surface area contributed by atoms with Crippen LogP contribution in [-0.2, 0) is 6.61 Å². The highest BCUT2D eigenvalue weighted by Crippen LogP contribution is 2.24. The highest BCUT2D eigenvalue weighted by atomic mass is 35.5. The third kappa shape index (κ3) is 2.94. The van der Waals surface area contributed by atoms with Crippen LogP contribution in [0.2, 0.25) is 5.02 Å². The summed E-state index contributed by atoms with van der Waals surface area (Å²) >= 11 is 5.96. The fourth-order valence-corrected chi connectivity index (χ4v) is 2.51. The van der Waals surface area contributed by atoms with Gasteiger partial charge in [-0.15, -0.1) is 0 Å². The second kappa shape index (κ2) is 5.87. The van der Waals surface area contributed by atoms with E-state index in [-0.39, 0.29) is 6.61 Å². The Kier molecular flexibility index (Phi) is 4.43. The van der Waals surface area contributed by atoms with Crippen molar-refractivity contribution in [3.8, 4) is 0 Å². The van der Waals surface area contributed by atoms with Gasteiger partial charge in [-0.1, -0.05) is 11.6 Å². The second-order valence-corrected chi connectivity index (χ2v) is 5.34. The van der Waals surface area contributed by atoms with Gasteiger partial charge in [0.05, 0.1) is 11.6 Å². The lowest BCUT2D eigenvalue weighted by Gasteiger charge is -2.35. The summed E-state index contributed by atoms with van der Waals surface area (Å²) in [5.41, 5.74) is 0.737. The minimum absolute atomic E-state index is 0.0460. The smallest absolute Gasteiger partial charge is 0.128 e. The highest BCUT2D eigenvalue weighted by molar-refractivity contribution is 6.31. The lowest BCUT2D eigenvalue weighted by atomic mass is 10.0. The Balaban J connectivity index is 2.10. The Hall–Kier alpha value is -0.840. The van der Waals surface area contributed by atoms with Crippen LogP contribution in [0.15, 0.2) is 12.3 Å². The minimum Gasteiger partial charge on any atom is -0.392 e. The average Bonchev–Trinajstić information content (AvgIpc) is 2.39. The molecule has 0 saturated carbocycles. The van der Waals surface area contributed by atoms with E-state index in [1.165, 1.54) is 0 Å². The average molecular weight is 270 g/mol. The molecule has 0 radical (unpaired) electrons. The molecule has 1 aromatic rings. The van der Waals surface area contributed by atoms with Crippen molar-refractivity contribution < 1.29 is 5.11 Å². The summed E-state index contributed by atoms with van der Waals surface area (Å²) in [5, 5.41) is 9.76. The van der Waals surface area contributed by atoms with E-state index in [4.69, 9.17) is 11.6 Å². The Labute approximate surface area is 113 Å². The largest absolute Gasteiger partial charge is 0.392 e. The first-order valence-electron chi connectivity index (χ1n) is 6.28. The molecule has 0 aliphatic carbocycles. The molecule has 1 fully saturated rings. The zero-order valence-corrected chi connectivity index (χ0v) is 11.7. The number of likely N-dealkylation sites (tertiary alicyclic amines) is 1. The molecule has 5 heteroatoms. The fraction of sp³-hybridized carbons (Fsp3) is 0.615. The summed E-state index contributed by atoms with van der Waals surface area (Å²) in [6.45, 7) is 2.19. The summed E-state index contributed by atoms with van der Waals surface area (Å²) in [4.78, 5) is 8.89. The number of aliphatic hydroxyl groups is 1. The molecule has 0 amide bonds. The third-order valence-corrected chi connectivity index (χ3v) is 4.03. The van der Waals surface area contributed by atoms with Crippen molar-refractivity contribution in [3.05, 3.63) is 22.8 Å². The number of piperidine rings is 1. The van der Waals surface area contributed by atoms with Gasteiger partial charge in [-0.25, -0.2) is 4.98 Å². The van der Waals surface area contributed by atoms with Crippen molar-refractivity contribution in [3.63, 3.8) is 0 Å². The molecule has 1 aliphatic rings. The predicted octanol–water partition coefficient (Wildman–Crippen LogP) is 1.76. The number of rotatable bonds is 3. The number of aliphatic hydroxyl groups excluding tert-OH is 1.